The maximum Gasteiger partial charge on any atom is 0.355 e. The van der Waals surface area contributed by atoms with Crippen LogP contribution in [0.5, 0.6) is 0 Å². The first-order chi connectivity index (χ1) is 10.3. The first-order valence-electron chi connectivity index (χ1n) is 5.36. The summed E-state index contributed by atoms with van der Waals surface area (Å²) in [5, 5.41) is 13.7. The van der Waals surface area contributed by atoms with Gasteiger partial charge in [0.05, 0.1) is 15.6 Å². The molecule has 22 heavy (non-hydrogen) atoms. The minimum atomic E-state index is -3.32. The number of aldehydes is 1. The number of hydrogen-bond donors (Lipinski definition) is 0. The van der Waals surface area contributed by atoms with E-state index in [1.54, 1.807) is 0 Å². The van der Waals surface area contributed by atoms with Gasteiger partial charge in [-0.25, -0.2) is 9.36 Å². The number of rotatable bonds is 4. The summed E-state index contributed by atoms with van der Waals surface area (Å²) in [5.74, 6) is -0.853. The number of hydrogen-bond acceptors (Lipinski definition) is 5. The van der Waals surface area contributed by atoms with Gasteiger partial charge < -0.3 is 0 Å². The van der Waals surface area contributed by atoms with Crippen LogP contribution in [0.25, 0.3) is 5.69 Å². The molecule has 0 N–H and O–H groups in total. The number of halogens is 4. The third kappa shape index (κ3) is 2.57. The Hall–Kier alpha value is -2.33. The summed E-state index contributed by atoms with van der Waals surface area (Å²) in [6, 6.07) is 1.76. The fourth-order valence-corrected chi connectivity index (χ4v) is 2.18. The average Bonchev–Trinajstić information content (AvgIpc) is 2.75. The Bertz CT molecular complexity index is 833. The largest absolute Gasteiger partial charge is 0.355 e. The van der Waals surface area contributed by atoms with Gasteiger partial charge in [0.1, 0.15) is 5.02 Å². The molecule has 0 unspecified atom stereocenters. The molecule has 1 aromatic carbocycles. The third-order valence-electron chi connectivity index (χ3n) is 2.58. The highest BCUT2D eigenvalue weighted by molar-refractivity contribution is 6.37. The van der Waals surface area contributed by atoms with Crippen molar-refractivity contribution in [3.63, 3.8) is 0 Å². The summed E-state index contributed by atoms with van der Waals surface area (Å²) in [6.45, 7) is -3.32. The molecule has 1 aromatic heterocycles. The van der Waals surface area contributed by atoms with E-state index in [2.05, 4.69) is 5.10 Å². The molecule has 0 fully saturated rings. The number of alkyl halides is 2. The molecule has 0 saturated heterocycles. The zero-order valence-corrected chi connectivity index (χ0v) is 11.8. The predicted octanol–water partition coefficient (Wildman–Crippen LogP) is 2.46. The van der Waals surface area contributed by atoms with Gasteiger partial charge in [-0.1, -0.05) is 23.2 Å². The second-order valence-electron chi connectivity index (χ2n) is 3.83. The van der Waals surface area contributed by atoms with Gasteiger partial charge in [0.15, 0.2) is 6.29 Å². The Morgan fingerprint density at radius 1 is 1.32 bits per heavy atom. The van der Waals surface area contributed by atoms with Crippen LogP contribution in [0.2, 0.25) is 10.0 Å². The number of nitrogens with zero attached hydrogens (tertiary/aromatic N) is 4. The van der Waals surface area contributed by atoms with Gasteiger partial charge >= 0.3 is 12.2 Å². The van der Waals surface area contributed by atoms with Gasteiger partial charge in [0, 0.05) is 6.07 Å². The maximum atomic E-state index is 12.8. The number of aromatic nitrogens is 3. The van der Waals surface area contributed by atoms with Gasteiger partial charge in [-0.2, -0.15) is 13.5 Å². The van der Waals surface area contributed by atoms with Crippen molar-refractivity contribution < 1.29 is 18.5 Å². The zero-order chi connectivity index (χ0) is 16.6. The van der Waals surface area contributed by atoms with Crippen molar-refractivity contribution in [3.8, 4) is 5.69 Å². The van der Waals surface area contributed by atoms with E-state index in [0.29, 0.717) is 4.68 Å². The standard InChI is InChI=1S/C10H4Cl2F2N4O4/c11-4-1-5(12)7(18(21)22)2-6(4)17-10(20)16(9(13)14)8(3-19)15-17/h1-3,9H. The lowest BCUT2D eigenvalue weighted by Crippen LogP contribution is -2.25. The van der Waals surface area contributed by atoms with Crippen LogP contribution in [0, 0.1) is 10.1 Å². The summed E-state index contributed by atoms with van der Waals surface area (Å²) >= 11 is 11.4. The lowest BCUT2D eigenvalue weighted by Gasteiger charge is -2.04. The molecule has 1 heterocycles. The van der Waals surface area contributed by atoms with E-state index >= 15 is 0 Å². The molecule has 0 atom stereocenters. The van der Waals surface area contributed by atoms with Crippen LogP contribution in [0.3, 0.4) is 0 Å². The summed E-state index contributed by atoms with van der Waals surface area (Å²) < 4.78 is 25.7. The fourth-order valence-electron chi connectivity index (χ4n) is 1.64. The molecular weight excluding hydrogens is 349 g/mol. The second-order valence-corrected chi connectivity index (χ2v) is 4.64. The summed E-state index contributed by atoms with van der Waals surface area (Å²) in [6.07, 6.45) is -0.0533. The maximum absolute atomic E-state index is 12.8. The summed E-state index contributed by atoms with van der Waals surface area (Å²) in [5.41, 5.74) is -2.34. The van der Waals surface area contributed by atoms with E-state index in [1.807, 2.05) is 0 Å². The smallest absolute Gasteiger partial charge is 0.294 e. The summed E-state index contributed by atoms with van der Waals surface area (Å²) in [4.78, 5) is 32.6. The molecule has 2 aromatic rings. The zero-order valence-electron chi connectivity index (χ0n) is 10.2. The number of carbonyl (C=O) groups excluding carboxylic acids is 1. The van der Waals surface area contributed by atoms with Gasteiger partial charge in [0.2, 0.25) is 5.82 Å². The molecule has 0 amide bonds. The molecule has 116 valence electrons. The van der Waals surface area contributed by atoms with E-state index in [-0.39, 0.29) is 26.6 Å². The Balaban J connectivity index is 2.78. The van der Waals surface area contributed by atoms with Crippen LogP contribution >= 0.6 is 23.2 Å². The van der Waals surface area contributed by atoms with Crippen LogP contribution in [0.15, 0.2) is 16.9 Å². The Kier molecular flexibility index (Phi) is 4.24. The molecule has 0 aliphatic carbocycles. The minimum absolute atomic E-state index is 0.0533. The Morgan fingerprint density at radius 2 is 1.95 bits per heavy atom. The number of nitro benzene ring substituents is 1. The lowest BCUT2D eigenvalue weighted by molar-refractivity contribution is -0.384. The van der Waals surface area contributed by atoms with Crippen molar-refractivity contribution in [2.45, 2.75) is 6.55 Å². The highest BCUT2D eigenvalue weighted by Crippen LogP contribution is 2.32. The van der Waals surface area contributed by atoms with Gasteiger partial charge in [-0.05, 0) is 6.07 Å². The highest BCUT2D eigenvalue weighted by Gasteiger charge is 2.24. The summed E-state index contributed by atoms with van der Waals surface area (Å²) in [7, 11) is 0. The van der Waals surface area contributed by atoms with Crippen LogP contribution in [-0.4, -0.2) is 25.6 Å². The molecule has 8 nitrogen and oxygen atoms in total. The van der Waals surface area contributed by atoms with Gasteiger partial charge in [-0.3, -0.25) is 14.9 Å². The molecule has 0 bridgehead atoms. The van der Waals surface area contributed by atoms with Gasteiger partial charge in [-0.15, -0.1) is 5.10 Å². The molecule has 0 saturated carbocycles. The fraction of sp³-hybridized carbons (Fsp3) is 0.100. The second kappa shape index (κ2) is 5.81. The molecule has 0 radical (unpaired) electrons. The molecule has 0 aliphatic rings. The number of benzene rings is 1. The van der Waals surface area contributed by atoms with E-state index in [4.69, 9.17) is 23.2 Å². The van der Waals surface area contributed by atoms with E-state index in [1.165, 1.54) is 0 Å². The van der Waals surface area contributed by atoms with Crippen molar-refractivity contribution in [2.24, 2.45) is 0 Å². The first kappa shape index (κ1) is 16.0. The first-order valence-corrected chi connectivity index (χ1v) is 6.12. The van der Waals surface area contributed by atoms with Crippen molar-refractivity contribution in [1.29, 1.82) is 0 Å². The van der Waals surface area contributed by atoms with Crippen molar-refractivity contribution >= 4 is 35.2 Å². The molecule has 12 heteroatoms. The molecular formula is C10H4Cl2F2N4O4. The molecule has 0 spiro atoms. The average molecular weight is 353 g/mol. The van der Waals surface area contributed by atoms with Crippen molar-refractivity contribution in [1.82, 2.24) is 14.3 Å². The van der Waals surface area contributed by atoms with Crippen molar-refractivity contribution in [3.05, 3.63) is 48.6 Å². The van der Waals surface area contributed by atoms with Crippen LogP contribution in [-0.2, 0) is 0 Å². The van der Waals surface area contributed by atoms with E-state index in [9.17, 15) is 28.5 Å². The van der Waals surface area contributed by atoms with Gasteiger partial charge in [0.25, 0.3) is 5.69 Å². The number of nitro groups is 1. The van der Waals surface area contributed by atoms with Crippen LogP contribution in [0.1, 0.15) is 17.2 Å². The Morgan fingerprint density at radius 3 is 2.41 bits per heavy atom. The molecule has 2 rings (SSSR count). The van der Waals surface area contributed by atoms with Crippen LogP contribution in [0.4, 0.5) is 14.5 Å². The van der Waals surface area contributed by atoms with Crippen LogP contribution < -0.4 is 5.69 Å². The third-order valence-corrected chi connectivity index (χ3v) is 3.18. The van der Waals surface area contributed by atoms with E-state index < -0.39 is 28.7 Å². The Labute approximate surface area is 129 Å². The minimum Gasteiger partial charge on any atom is -0.294 e. The lowest BCUT2D eigenvalue weighted by atomic mass is 10.3. The van der Waals surface area contributed by atoms with Crippen molar-refractivity contribution in [2.75, 3.05) is 0 Å². The van der Waals surface area contributed by atoms with E-state index in [0.717, 1.165) is 12.1 Å². The number of carbonyl (C=O) groups is 1. The normalized spacial score (nSPS) is 11.0. The quantitative estimate of drug-likeness (QED) is 0.478. The highest BCUT2D eigenvalue weighted by atomic mass is 35.5. The SMILES string of the molecule is O=Cc1nn(-c2cc([N+](=O)[O-])c(Cl)cc2Cl)c(=O)n1C(F)F. The topological polar surface area (TPSA) is 100 Å². The monoisotopic (exact) mass is 352 g/mol. The predicted molar refractivity (Wildman–Crippen MR) is 71.1 cm³/mol. The molecule has 0 aliphatic heterocycles.